The van der Waals surface area contributed by atoms with Crippen LogP contribution in [0.5, 0.6) is 0 Å². The van der Waals surface area contributed by atoms with Crippen LogP contribution in [0.1, 0.15) is 12.0 Å². The maximum atomic E-state index is 12.7. The molecule has 0 unspecified atom stereocenters. The Morgan fingerprint density at radius 3 is 2.28 bits per heavy atom. The molecule has 8 nitrogen and oxygen atoms in total. The van der Waals surface area contributed by atoms with Gasteiger partial charge in [-0.15, -0.1) is 0 Å². The molecule has 2 bridgehead atoms. The third kappa shape index (κ3) is 3.08. The molecule has 9 heteroatoms. The highest BCUT2D eigenvalue weighted by atomic mass is 32.2. The number of amides is 3. The number of rotatable bonds is 5. The van der Waals surface area contributed by atoms with Gasteiger partial charge in [-0.1, -0.05) is 18.2 Å². The monoisotopic (exact) mass is 417 g/mol. The number of nitrogens with zero attached hydrogens (tertiary/aromatic N) is 2. The number of anilines is 1. The molecule has 2 aliphatic carbocycles. The fourth-order valence-corrected chi connectivity index (χ4v) is 5.76. The maximum absolute atomic E-state index is 12.7. The molecule has 0 spiro atoms. The van der Waals surface area contributed by atoms with Crippen LogP contribution >= 0.6 is 0 Å². The van der Waals surface area contributed by atoms with Crippen LogP contribution in [0.4, 0.5) is 5.69 Å². The summed E-state index contributed by atoms with van der Waals surface area (Å²) < 4.78 is 26.0. The first-order chi connectivity index (χ1) is 13.6. The van der Waals surface area contributed by atoms with Crippen molar-refractivity contribution in [1.82, 2.24) is 9.21 Å². The summed E-state index contributed by atoms with van der Waals surface area (Å²) >= 11 is 0. The Labute approximate surface area is 169 Å². The minimum absolute atomic E-state index is 0.0883. The number of benzene rings is 1. The number of sulfonamides is 1. The van der Waals surface area contributed by atoms with Gasteiger partial charge in [-0.05, 0) is 42.9 Å². The van der Waals surface area contributed by atoms with Crippen LogP contribution in [0.25, 0.3) is 0 Å². The number of fused-ring (bicyclic) bond motifs is 5. The lowest BCUT2D eigenvalue weighted by atomic mass is 9.85. The van der Waals surface area contributed by atoms with Crippen molar-refractivity contribution in [1.29, 1.82) is 0 Å². The molecule has 1 aliphatic heterocycles. The summed E-state index contributed by atoms with van der Waals surface area (Å²) in [6.45, 7) is 1.30. The number of hydrogen-bond donors (Lipinski definition) is 1. The predicted molar refractivity (Wildman–Crippen MR) is 105 cm³/mol. The maximum Gasteiger partial charge on any atom is 0.244 e. The fourth-order valence-electron chi connectivity index (χ4n) is 4.62. The highest BCUT2D eigenvalue weighted by Crippen LogP contribution is 2.52. The van der Waals surface area contributed by atoms with E-state index in [1.54, 1.807) is 19.1 Å². The first-order valence-electron chi connectivity index (χ1n) is 9.48. The predicted octanol–water partition coefficient (Wildman–Crippen LogP) is 0.991. The van der Waals surface area contributed by atoms with E-state index < -0.39 is 15.9 Å². The van der Waals surface area contributed by atoms with E-state index in [2.05, 4.69) is 5.32 Å². The van der Waals surface area contributed by atoms with Crippen LogP contribution in [0.2, 0.25) is 0 Å². The Kier molecular flexibility index (Phi) is 4.62. The van der Waals surface area contributed by atoms with Crippen molar-refractivity contribution in [3.63, 3.8) is 0 Å². The number of hydrogen-bond acceptors (Lipinski definition) is 5. The normalized spacial score (nSPS) is 27.8. The van der Waals surface area contributed by atoms with Gasteiger partial charge in [-0.3, -0.25) is 19.3 Å². The molecule has 2 fully saturated rings. The summed E-state index contributed by atoms with van der Waals surface area (Å²) in [6.07, 6.45) is 4.83. The number of aryl methyl sites for hydroxylation is 1. The number of carbonyl (C=O) groups is 3. The Balaban J connectivity index is 1.49. The van der Waals surface area contributed by atoms with Crippen LogP contribution in [0, 0.1) is 30.6 Å². The number of likely N-dealkylation sites (tertiary alicyclic amines) is 1. The second kappa shape index (κ2) is 6.77. The standard InChI is InChI=1S/C20H23N3O5S/c1-11-4-7-14(9-15(11)29(27,28)22(2)3)21-16(24)10-23-19(25)17-12-5-6-13(8-12)18(17)20(23)26/h4-7,9,12-13,17-18H,8,10H2,1-3H3,(H,21,24)/t12-,13+,17-,18-/m0/s1. The molecule has 1 saturated heterocycles. The Hall–Kier alpha value is -2.52. The second-order valence-corrected chi connectivity index (χ2v) is 10.2. The van der Waals surface area contributed by atoms with E-state index in [-0.39, 0.29) is 46.9 Å². The molecule has 4 rings (SSSR count). The zero-order valence-corrected chi connectivity index (χ0v) is 17.3. The molecule has 3 amide bonds. The second-order valence-electron chi connectivity index (χ2n) is 8.08. The summed E-state index contributed by atoms with van der Waals surface area (Å²) in [5, 5.41) is 2.61. The topological polar surface area (TPSA) is 104 Å². The summed E-state index contributed by atoms with van der Waals surface area (Å²) in [7, 11) is -0.797. The van der Waals surface area contributed by atoms with Gasteiger partial charge in [0.2, 0.25) is 27.7 Å². The molecular formula is C20H23N3O5S. The molecule has 1 heterocycles. The van der Waals surface area contributed by atoms with Crippen molar-refractivity contribution in [2.75, 3.05) is 26.0 Å². The van der Waals surface area contributed by atoms with Gasteiger partial charge in [-0.2, -0.15) is 0 Å². The summed E-state index contributed by atoms with van der Waals surface area (Å²) in [4.78, 5) is 39.0. The van der Waals surface area contributed by atoms with Gasteiger partial charge < -0.3 is 5.32 Å². The van der Waals surface area contributed by atoms with Crippen molar-refractivity contribution in [3.05, 3.63) is 35.9 Å². The molecule has 0 radical (unpaired) electrons. The van der Waals surface area contributed by atoms with Crippen LogP contribution in [-0.4, -0.2) is 56.0 Å². The highest BCUT2D eigenvalue weighted by molar-refractivity contribution is 7.89. The Bertz CT molecular complexity index is 1020. The van der Waals surface area contributed by atoms with Gasteiger partial charge in [0.1, 0.15) is 6.54 Å². The molecule has 1 N–H and O–H groups in total. The third-order valence-corrected chi connectivity index (χ3v) is 8.05. The molecule has 1 aromatic rings. The van der Waals surface area contributed by atoms with Gasteiger partial charge >= 0.3 is 0 Å². The van der Waals surface area contributed by atoms with Crippen molar-refractivity contribution >= 4 is 33.4 Å². The minimum atomic E-state index is -3.67. The quantitative estimate of drug-likeness (QED) is 0.568. The van der Waals surface area contributed by atoms with Crippen LogP contribution in [-0.2, 0) is 24.4 Å². The van der Waals surface area contributed by atoms with E-state index in [4.69, 9.17) is 0 Å². The first-order valence-corrected chi connectivity index (χ1v) is 10.9. The van der Waals surface area contributed by atoms with Crippen LogP contribution in [0.15, 0.2) is 35.2 Å². The Morgan fingerprint density at radius 1 is 1.14 bits per heavy atom. The van der Waals surface area contributed by atoms with Crippen molar-refractivity contribution in [2.45, 2.75) is 18.2 Å². The van der Waals surface area contributed by atoms with E-state index in [9.17, 15) is 22.8 Å². The molecule has 154 valence electrons. The lowest BCUT2D eigenvalue weighted by Crippen LogP contribution is -2.39. The average Bonchev–Trinajstić information content (AvgIpc) is 3.33. The zero-order chi connectivity index (χ0) is 21.1. The highest BCUT2D eigenvalue weighted by Gasteiger charge is 2.59. The van der Waals surface area contributed by atoms with E-state index >= 15 is 0 Å². The number of allylic oxidation sites excluding steroid dienone is 2. The SMILES string of the molecule is Cc1ccc(NC(=O)CN2C(=O)[C@@H]3[C@@H](C2=O)[C@H]2C=C[C@@H]3C2)cc1S(=O)(=O)N(C)C. The zero-order valence-electron chi connectivity index (χ0n) is 16.5. The van der Waals surface area contributed by atoms with Gasteiger partial charge in [0, 0.05) is 19.8 Å². The molecule has 4 atom stereocenters. The molecule has 3 aliphatic rings. The van der Waals surface area contributed by atoms with E-state index in [0.29, 0.717) is 11.3 Å². The van der Waals surface area contributed by atoms with Gasteiger partial charge in [0.05, 0.1) is 16.7 Å². The van der Waals surface area contributed by atoms with Gasteiger partial charge in [0.15, 0.2) is 0 Å². The van der Waals surface area contributed by atoms with Crippen LogP contribution < -0.4 is 5.32 Å². The van der Waals surface area contributed by atoms with Crippen molar-refractivity contribution in [3.8, 4) is 0 Å². The number of imide groups is 1. The summed E-state index contributed by atoms with van der Waals surface area (Å²) in [5.41, 5.74) is 0.847. The minimum Gasteiger partial charge on any atom is -0.324 e. The van der Waals surface area contributed by atoms with Crippen molar-refractivity contribution < 1.29 is 22.8 Å². The fraction of sp³-hybridized carbons (Fsp3) is 0.450. The summed E-state index contributed by atoms with van der Waals surface area (Å²) in [6, 6.07) is 4.58. The first kappa shape index (κ1) is 19.8. The molecular weight excluding hydrogens is 394 g/mol. The largest absolute Gasteiger partial charge is 0.324 e. The van der Waals surface area contributed by atoms with Gasteiger partial charge in [0.25, 0.3) is 0 Å². The molecule has 29 heavy (non-hydrogen) atoms. The van der Waals surface area contributed by atoms with E-state index in [1.165, 1.54) is 20.2 Å². The van der Waals surface area contributed by atoms with E-state index in [0.717, 1.165) is 15.6 Å². The third-order valence-electron chi connectivity index (χ3n) is 6.09. The average molecular weight is 417 g/mol. The van der Waals surface area contributed by atoms with E-state index in [1.807, 2.05) is 12.2 Å². The Morgan fingerprint density at radius 2 is 1.72 bits per heavy atom. The molecule has 0 aromatic heterocycles. The smallest absolute Gasteiger partial charge is 0.244 e. The molecule has 1 saturated carbocycles. The van der Waals surface area contributed by atoms with Gasteiger partial charge in [-0.25, -0.2) is 12.7 Å². The lowest BCUT2D eigenvalue weighted by Gasteiger charge is -2.18. The summed E-state index contributed by atoms with van der Waals surface area (Å²) in [5.74, 6) is -1.62. The number of nitrogens with one attached hydrogen (secondary N) is 1. The number of carbonyl (C=O) groups excluding carboxylic acids is 3. The lowest BCUT2D eigenvalue weighted by molar-refractivity contribution is -0.143. The van der Waals surface area contributed by atoms with Crippen molar-refractivity contribution in [2.24, 2.45) is 23.7 Å². The molecule has 1 aromatic carbocycles. The van der Waals surface area contributed by atoms with Crippen LogP contribution in [0.3, 0.4) is 0 Å².